The van der Waals surface area contributed by atoms with E-state index in [-0.39, 0.29) is 24.2 Å². The number of methoxy groups -OCH3 is 1. The number of benzene rings is 1. The van der Waals surface area contributed by atoms with Gasteiger partial charge in [0.15, 0.2) is 0 Å². The van der Waals surface area contributed by atoms with Crippen molar-refractivity contribution in [2.75, 3.05) is 13.7 Å². The molecule has 0 bridgehead atoms. The smallest absolute Gasteiger partial charge is 0.337 e. The van der Waals surface area contributed by atoms with E-state index in [1.54, 1.807) is 6.07 Å². The van der Waals surface area contributed by atoms with Gasteiger partial charge in [-0.05, 0) is 12.1 Å². The lowest BCUT2D eigenvalue weighted by Crippen LogP contribution is -2.37. The highest BCUT2D eigenvalue weighted by Gasteiger charge is 2.15. The van der Waals surface area contributed by atoms with Gasteiger partial charge in [-0.25, -0.2) is 4.79 Å². The molecule has 19 heavy (non-hydrogen) atoms. The number of H-pyrrole nitrogens is 1. The monoisotopic (exact) mass is 264 g/mol. The highest BCUT2D eigenvalue weighted by Crippen LogP contribution is 2.14. The predicted octanol–water partition coefficient (Wildman–Crippen LogP) is 0.0344. The number of rotatable bonds is 4. The molecule has 0 saturated carbocycles. The van der Waals surface area contributed by atoms with Crippen LogP contribution in [0, 0.1) is 0 Å². The lowest BCUT2D eigenvalue weighted by molar-refractivity contribution is 0.0698. The minimum absolute atomic E-state index is 0.0399. The molecule has 1 aromatic heterocycles. The number of aromatic amines is 1. The van der Waals surface area contributed by atoms with Gasteiger partial charge in [0.25, 0.3) is 0 Å². The summed E-state index contributed by atoms with van der Waals surface area (Å²) in [4.78, 5) is 36.9. The van der Waals surface area contributed by atoms with E-state index in [2.05, 4.69) is 4.98 Å². The first-order chi connectivity index (χ1) is 9.06. The van der Waals surface area contributed by atoms with Gasteiger partial charge in [0.05, 0.1) is 23.2 Å². The summed E-state index contributed by atoms with van der Waals surface area (Å²) in [6.07, 6.45) is 0. The van der Waals surface area contributed by atoms with Crippen molar-refractivity contribution in [1.29, 1.82) is 0 Å². The molecule has 0 atom stereocenters. The number of carboxylic acids is 1. The van der Waals surface area contributed by atoms with Crippen LogP contribution in [0.3, 0.4) is 0 Å². The Kier molecular flexibility index (Phi) is 3.48. The minimum Gasteiger partial charge on any atom is -0.478 e. The van der Waals surface area contributed by atoms with E-state index in [0.29, 0.717) is 5.52 Å². The van der Waals surface area contributed by atoms with Crippen molar-refractivity contribution in [2.24, 2.45) is 0 Å². The topological polar surface area (TPSA) is 101 Å². The molecular weight excluding hydrogens is 252 g/mol. The molecule has 100 valence electrons. The summed E-state index contributed by atoms with van der Waals surface area (Å²) in [6.45, 7) is 0.312. The molecule has 0 saturated heterocycles. The molecule has 0 fully saturated rings. The predicted molar refractivity (Wildman–Crippen MR) is 67.7 cm³/mol. The normalized spacial score (nSPS) is 10.8. The highest BCUT2D eigenvalue weighted by molar-refractivity contribution is 6.00. The summed E-state index contributed by atoms with van der Waals surface area (Å²) in [5, 5.41) is 9.15. The fourth-order valence-electron chi connectivity index (χ4n) is 1.90. The Morgan fingerprint density at radius 2 is 2.16 bits per heavy atom. The molecule has 2 aromatic rings. The zero-order chi connectivity index (χ0) is 14.0. The number of para-hydroxylation sites is 1. The summed E-state index contributed by atoms with van der Waals surface area (Å²) >= 11 is 0. The molecule has 2 rings (SSSR count). The molecule has 0 aliphatic heterocycles. The summed E-state index contributed by atoms with van der Waals surface area (Å²) < 4.78 is 6.00. The van der Waals surface area contributed by atoms with Crippen LogP contribution in [0.1, 0.15) is 10.4 Å². The van der Waals surface area contributed by atoms with E-state index in [4.69, 9.17) is 9.84 Å². The number of ether oxygens (including phenoxy) is 1. The number of aromatic nitrogens is 2. The third kappa shape index (κ3) is 2.27. The quantitative estimate of drug-likeness (QED) is 0.759. The van der Waals surface area contributed by atoms with Crippen LogP contribution in [-0.2, 0) is 11.3 Å². The van der Waals surface area contributed by atoms with Gasteiger partial charge in [0, 0.05) is 13.7 Å². The average molecular weight is 264 g/mol. The second-order valence-corrected chi connectivity index (χ2v) is 3.91. The first kappa shape index (κ1) is 13.0. The maximum atomic E-state index is 11.8. The van der Waals surface area contributed by atoms with Crippen molar-refractivity contribution in [3.63, 3.8) is 0 Å². The van der Waals surface area contributed by atoms with E-state index < -0.39 is 17.1 Å². The van der Waals surface area contributed by atoms with Crippen LogP contribution < -0.4 is 11.1 Å². The Morgan fingerprint density at radius 1 is 1.42 bits per heavy atom. The molecule has 0 unspecified atom stereocenters. The number of fused-ring (bicyclic) bond motifs is 1. The summed E-state index contributed by atoms with van der Waals surface area (Å²) in [5.41, 5.74) is -1.12. The first-order valence-electron chi connectivity index (χ1n) is 5.54. The zero-order valence-electron chi connectivity index (χ0n) is 10.2. The van der Waals surface area contributed by atoms with Gasteiger partial charge in [0.1, 0.15) is 0 Å². The number of carbonyl (C=O) groups is 1. The van der Waals surface area contributed by atoms with Crippen LogP contribution in [0.5, 0.6) is 0 Å². The van der Waals surface area contributed by atoms with Gasteiger partial charge < -0.3 is 14.8 Å². The fraction of sp³-hybridized carbons (Fsp3) is 0.250. The molecular formula is C12H12N2O5. The maximum Gasteiger partial charge on any atom is 0.337 e. The van der Waals surface area contributed by atoms with Crippen LogP contribution in [-0.4, -0.2) is 34.3 Å². The molecule has 0 amide bonds. The Labute approximate surface area is 107 Å². The van der Waals surface area contributed by atoms with Crippen LogP contribution in [0.15, 0.2) is 27.8 Å². The number of carboxylic acid groups (broad SMARTS) is 1. The SMILES string of the molecule is COCCn1c(=O)c(=O)[nH]c2cccc(C(=O)O)c21. The van der Waals surface area contributed by atoms with Crippen LogP contribution in [0.4, 0.5) is 0 Å². The van der Waals surface area contributed by atoms with Crippen molar-refractivity contribution in [1.82, 2.24) is 9.55 Å². The van der Waals surface area contributed by atoms with Gasteiger partial charge in [-0.3, -0.25) is 14.2 Å². The Balaban J connectivity index is 2.87. The molecule has 7 nitrogen and oxygen atoms in total. The number of nitrogens with zero attached hydrogens (tertiary/aromatic N) is 1. The Hall–Kier alpha value is -2.41. The van der Waals surface area contributed by atoms with Crippen molar-refractivity contribution >= 4 is 17.0 Å². The van der Waals surface area contributed by atoms with Gasteiger partial charge >= 0.3 is 17.1 Å². The standard InChI is InChI=1S/C12H12N2O5/c1-19-6-5-14-9-7(12(17)18)3-2-4-8(9)13-10(15)11(14)16/h2-4H,5-6H2,1H3,(H,13,15)(H,17,18). The summed E-state index contributed by atoms with van der Waals surface area (Å²) in [5.74, 6) is -1.16. The van der Waals surface area contributed by atoms with Crippen molar-refractivity contribution in [2.45, 2.75) is 6.54 Å². The van der Waals surface area contributed by atoms with Crippen LogP contribution in [0.2, 0.25) is 0 Å². The number of nitrogens with one attached hydrogen (secondary N) is 1. The van der Waals surface area contributed by atoms with Crippen LogP contribution >= 0.6 is 0 Å². The van der Waals surface area contributed by atoms with E-state index in [1.807, 2.05) is 0 Å². The summed E-state index contributed by atoms with van der Waals surface area (Å²) in [7, 11) is 1.46. The number of hydrogen-bond donors (Lipinski definition) is 2. The molecule has 0 aliphatic carbocycles. The fourth-order valence-corrected chi connectivity index (χ4v) is 1.90. The third-order valence-corrected chi connectivity index (χ3v) is 2.74. The molecule has 1 aromatic carbocycles. The van der Waals surface area contributed by atoms with Crippen molar-refractivity contribution in [3.8, 4) is 0 Å². The molecule has 2 N–H and O–H groups in total. The van der Waals surface area contributed by atoms with Gasteiger partial charge in [0.2, 0.25) is 0 Å². The molecule has 0 radical (unpaired) electrons. The highest BCUT2D eigenvalue weighted by atomic mass is 16.5. The third-order valence-electron chi connectivity index (χ3n) is 2.74. The average Bonchev–Trinajstić information content (AvgIpc) is 2.38. The Morgan fingerprint density at radius 3 is 2.79 bits per heavy atom. The molecule has 7 heteroatoms. The second kappa shape index (κ2) is 5.07. The van der Waals surface area contributed by atoms with E-state index >= 15 is 0 Å². The van der Waals surface area contributed by atoms with E-state index in [1.165, 1.54) is 19.2 Å². The largest absolute Gasteiger partial charge is 0.478 e. The lowest BCUT2D eigenvalue weighted by Gasteiger charge is -2.11. The van der Waals surface area contributed by atoms with Crippen LogP contribution in [0.25, 0.3) is 11.0 Å². The van der Waals surface area contributed by atoms with E-state index in [0.717, 1.165) is 4.57 Å². The van der Waals surface area contributed by atoms with E-state index in [9.17, 15) is 14.4 Å². The Bertz CT molecular complexity index is 744. The van der Waals surface area contributed by atoms with Gasteiger partial charge in [-0.1, -0.05) is 6.07 Å². The molecule has 0 spiro atoms. The van der Waals surface area contributed by atoms with Crippen molar-refractivity contribution < 1.29 is 14.6 Å². The minimum atomic E-state index is -1.16. The number of aromatic carboxylic acids is 1. The number of hydrogen-bond acceptors (Lipinski definition) is 4. The molecule has 0 aliphatic rings. The summed E-state index contributed by atoms with van der Waals surface area (Å²) in [6, 6.07) is 4.44. The van der Waals surface area contributed by atoms with Gasteiger partial charge in [-0.15, -0.1) is 0 Å². The maximum absolute atomic E-state index is 11.8. The molecule has 1 heterocycles. The van der Waals surface area contributed by atoms with Crippen molar-refractivity contribution in [3.05, 3.63) is 44.5 Å². The lowest BCUT2D eigenvalue weighted by atomic mass is 10.1. The zero-order valence-corrected chi connectivity index (χ0v) is 10.2. The first-order valence-corrected chi connectivity index (χ1v) is 5.54. The second-order valence-electron chi connectivity index (χ2n) is 3.91. The van der Waals surface area contributed by atoms with Gasteiger partial charge in [-0.2, -0.15) is 0 Å².